The Labute approximate surface area is 124 Å². The molecular formula is C15H20N4O2. The van der Waals surface area contributed by atoms with E-state index in [9.17, 15) is 0 Å². The Bertz CT molecular complexity index is 572. The Morgan fingerprint density at radius 3 is 2.29 bits per heavy atom. The van der Waals surface area contributed by atoms with Gasteiger partial charge in [0.25, 0.3) is 0 Å². The number of rotatable bonds is 7. The molecule has 1 aromatic heterocycles. The Balaban J connectivity index is 2.18. The molecule has 0 spiro atoms. The number of hydrogen-bond donors (Lipinski definition) is 2. The van der Waals surface area contributed by atoms with Gasteiger partial charge in [0.05, 0.1) is 0 Å². The lowest BCUT2D eigenvalue weighted by Crippen LogP contribution is -2.11. The van der Waals surface area contributed by atoms with Gasteiger partial charge in [-0.05, 0) is 31.2 Å². The Kier molecular flexibility index (Phi) is 5.48. The molecule has 1 aromatic carbocycles. The fourth-order valence-electron chi connectivity index (χ4n) is 1.78. The molecule has 0 radical (unpaired) electrons. The summed E-state index contributed by atoms with van der Waals surface area (Å²) in [6.07, 6.45) is 0. The van der Waals surface area contributed by atoms with E-state index in [2.05, 4.69) is 9.97 Å². The smallest absolute Gasteiger partial charge is 0.217 e. The maximum Gasteiger partial charge on any atom is 0.217 e. The molecule has 0 saturated carbocycles. The maximum atomic E-state index is 5.46. The standard InChI is InChI=1S/C15H20N4O2/c1-11-10-14(21-9-7-17)19-15(18-11)12-2-4-13(5-3-12)20-8-6-16/h2-5,10H,6-9,16-17H2,1H3. The quantitative estimate of drug-likeness (QED) is 0.792. The van der Waals surface area contributed by atoms with E-state index < -0.39 is 0 Å². The number of benzene rings is 1. The fourth-order valence-corrected chi connectivity index (χ4v) is 1.78. The molecule has 0 aliphatic carbocycles. The van der Waals surface area contributed by atoms with Gasteiger partial charge < -0.3 is 20.9 Å². The van der Waals surface area contributed by atoms with Crippen LogP contribution in [-0.4, -0.2) is 36.3 Å². The SMILES string of the molecule is Cc1cc(OCCN)nc(-c2ccc(OCCN)cc2)n1. The van der Waals surface area contributed by atoms with Crippen molar-refractivity contribution in [3.8, 4) is 23.0 Å². The number of nitrogens with two attached hydrogens (primary N) is 2. The van der Waals surface area contributed by atoms with Crippen molar-refractivity contribution in [2.24, 2.45) is 11.5 Å². The highest BCUT2D eigenvalue weighted by Crippen LogP contribution is 2.21. The molecule has 0 bridgehead atoms. The van der Waals surface area contributed by atoms with E-state index in [1.165, 1.54) is 0 Å². The monoisotopic (exact) mass is 288 g/mol. The molecule has 0 aliphatic rings. The summed E-state index contributed by atoms with van der Waals surface area (Å²) in [5.74, 6) is 1.93. The van der Waals surface area contributed by atoms with E-state index in [1.54, 1.807) is 6.07 Å². The summed E-state index contributed by atoms with van der Waals surface area (Å²) < 4.78 is 10.9. The van der Waals surface area contributed by atoms with Crippen molar-refractivity contribution in [2.45, 2.75) is 6.92 Å². The largest absolute Gasteiger partial charge is 0.492 e. The number of hydrogen-bond acceptors (Lipinski definition) is 6. The number of aryl methyl sites for hydroxylation is 1. The van der Waals surface area contributed by atoms with Gasteiger partial charge in [0, 0.05) is 30.4 Å². The van der Waals surface area contributed by atoms with Gasteiger partial charge in [-0.15, -0.1) is 0 Å². The molecule has 6 nitrogen and oxygen atoms in total. The molecule has 0 aliphatic heterocycles. The second-order valence-corrected chi connectivity index (χ2v) is 4.47. The first-order valence-corrected chi connectivity index (χ1v) is 6.85. The van der Waals surface area contributed by atoms with Crippen LogP contribution in [0.5, 0.6) is 11.6 Å². The summed E-state index contributed by atoms with van der Waals surface area (Å²) in [6, 6.07) is 9.35. The van der Waals surface area contributed by atoms with Crippen molar-refractivity contribution in [1.29, 1.82) is 0 Å². The summed E-state index contributed by atoms with van der Waals surface area (Å²) >= 11 is 0. The molecule has 1 heterocycles. The van der Waals surface area contributed by atoms with Crippen molar-refractivity contribution in [3.05, 3.63) is 36.0 Å². The van der Waals surface area contributed by atoms with Crippen LogP contribution in [0, 0.1) is 6.92 Å². The van der Waals surface area contributed by atoms with Gasteiger partial charge in [-0.1, -0.05) is 0 Å². The minimum Gasteiger partial charge on any atom is -0.492 e. The van der Waals surface area contributed by atoms with Crippen LogP contribution >= 0.6 is 0 Å². The van der Waals surface area contributed by atoms with Gasteiger partial charge in [-0.3, -0.25) is 0 Å². The zero-order valence-electron chi connectivity index (χ0n) is 12.1. The lowest BCUT2D eigenvalue weighted by molar-refractivity contribution is 0.315. The van der Waals surface area contributed by atoms with Gasteiger partial charge in [0.2, 0.25) is 5.88 Å². The summed E-state index contributed by atoms with van der Waals surface area (Å²) in [7, 11) is 0. The lowest BCUT2D eigenvalue weighted by Gasteiger charge is -2.08. The summed E-state index contributed by atoms with van der Waals surface area (Å²) in [5, 5.41) is 0. The van der Waals surface area contributed by atoms with Crippen LogP contribution in [0.1, 0.15) is 5.69 Å². The number of ether oxygens (including phenoxy) is 2. The highest BCUT2D eigenvalue weighted by atomic mass is 16.5. The fraction of sp³-hybridized carbons (Fsp3) is 0.333. The average molecular weight is 288 g/mol. The third kappa shape index (κ3) is 4.40. The van der Waals surface area contributed by atoms with E-state index >= 15 is 0 Å². The van der Waals surface area contributed by atoms with Crippen LogP contribution in [0.25, 0.3) is 11.4 Å². The maximum absolute atomic E-state index is 5.46. The minimum atomic E-state index is 0.432. The van der Waals surface area contributed by atoms with Gasteiger partial charge in [-0.2, -0.15) is 4.98 Å². The zero-order chi connectivity index (χ0) is 15.1. The Morgan fingerprint density at radius 1 is 0.952 bits per heavy atom. The van der Waals surface area contributed by atoms with Gasteiger partial charge in [-0.25, -0.2) is 4.98 Å². The first-order valence-electron chi connectivity index (χ1n) is 6.85. The van der Waals surface area contributed by atoms with E-state index in [-0.39, 0.29) is 0 Å². The molecule has 6 heteroatoms. The van der Waals surface area contributed by atoms with Crippen LogP contribution in [0.3, 0.4) is 0 Å². The topological polar surface area (TPSA) is 96.3 Å². The van der Waals surface area contributed by atoms with E-state index in [0.717, 1.165) is 17.0 Å². The number of aromatic nitrogens is 2. The van der Waals surface area contributed by atoms with Gasteiger partial charge in [0.1, 0.15) is 19.0 Å². The first kappa shape index (κ1) is 15.2. The molecule has 0 amide bonds. The third-order valence-corrected chi connectivity index (χ3v) is 2.70. The number of nitrogens with zero attached hydrogens (tertiary/aromatic N) is 2. The van der Waals surface area contributed by atoms with Crippen LogP contribution in [0.2, 0.25) is 0 Å². The highest BCUT2D eigenvalue weighted by molar-refractivity contribution is 5.56. The van der Waals surface area contributed by atoms with Crippen LogP contribution in [0.4, 0.5) is 0 Å². The normalized spacial score (nSPS) is 10.4. The van der Waals surface area contributed by atoms with Gasteiger partial charge >= 0.3 is 0 Å². The molecule has 4 N–H and O–H groups in total. The molecule has 21 heavy (non-hydrogen) atoms. The summed E-state index contributed by atoms with van der Waals surface area (Å²) in [5.41, 5.74) is 12.6. The predicted molar refractivity (Wildman–Crippen MR) is 81.3 cm³/mol. The Morgan fingerprint density at radius 2 is 1.62 bits per heavy atom. The van der Waals surface area contributed by atoms with Crippen LogP contribution < -0.4 is 20.9 Å². The molecular weight excluding hydrogens is 268 g/mol. The molecule has 0 fully saturated rings. The molecule has 0 saturated heterocycles. The molecule has 2 rings (SSSR count). The van der Waals surface area contributed by atoms with E-state index in [0.29, 0.717) is 38.0 Å². The predicted octanol–water partition coefficient (Wildman–Crippen LogP) is 1.13. The first-order chi connectivity index (χ1) is 10.2. The summed E-state index contributed by atoms with van der Waals surface area (Å²) in [6.45, 7) is 3.77. The van der Waals surface area contributed by atoms with Crippen molar-refractivity contribution < 1.29 is 9.47 Å². The van der Waals surface area contributed by atoms with Gasteiger partial charge in [0.15, 0.2) is 5.82 Å². The van der Waals surface area contributed by atoms with Crippen molar-refractivity contribution in [2.75, 3.05) is 26.3 Å². The van der Waals surface area contributed by atoms with Crippen LogP contribution in [-0.2, 0) is 0 Å². The highest BCUT2D eigenvalue weighted by Gasteiger charge is 2.06. The average Bonchev–Trinajstić information content (AvgIpc) is 2.51. The van der Waals surface area contributed by atoms with E-state index in [1.807, 2.05) is 31.2 Å². The lowest BCUT2D eigenvalue weighted by atomic mass is 10.2. The third-order valence-electron chi connectivity index (χ3n) is 2.70. The molecule has 112 valence electrons. The minimum absolute atomic E-state index is 0.432. The van der Waals surface area contributed by atoms with E-state index in [4.69, 9.17) is 20.9 Å². The van der Waals surface area contributed by atoms with Crippen molar-refractivity contribution in [1.82, 2.24) is 9.97 Å². The second-order valence-electron chi connectivity index (χ2n) is 4.47. The molecule has 2 aromatic rings. The second kappa shape index (κ2) is 7.56. The van der Waals surface area contributed by atoms with Crippen LogP contribution in [0.15, 0.2) is 30.3 Å². The van der Waals surface area contributed by atoms with Crippen molar-refractivity contribution >= 4 is 0 Å². The molecule has 0 atom stereocenters. The molecule has 0 unspecified atom stereocenters. The summed E-state index contributed by atoms with van der Waals surface area (Å²) in [4.78, 5) is 8.80. The van der Waals surface area contributed by atoms with Crippen molar-refractivity contribution in [3.63, 3.8) is 0 Å². The zero-order valence-corrected chi connectivity index (χ0v) is 12.1. The Hall–Kier alpha value is -2.18.